The van der Waals surface area contributed by atoms with Crippen LogP contribution in [-0.2, 0) is 11.2 Å². The van der Waals surface area contributed by atoms with Crippen LogP contribution in [0.1, 0.15) is 60.5 Å². The monoisotopic (exact) mass is 509 g/mol. The number of aliphatic hydroxyl groups is 1. The lowest BCUT2D eigenvalue weighted by Crippen LogP contribution is -2.53. The van der Waals surface area contributed by atoms with E-state index in [9.17, 15) is 14.7 Å². The van der Waals surface area contributed by atoms with Gasteiger partial charge in [-0.3, -0.25) is 14.9 Å². The second kappa shape index (κ2) is 10.2. The van der Waals surface area contributed by atoms with Gasteiger partial charge in [-0.15, -0.1) is 17.8 Å². The van der Waals surface area contributed by atoms with Gasteiger partial charge in [0.15, 0.2) is 5.13 Å². The molecule has 1 fully saturated rings. The van der Waals surface area contributed by atoms with E-state index in [1.165, 1.54) is 11.3 Å². The van der Waals surface area contributed by atoms with Crippen LogP contribution in [0.5, 0.6) is 5.75 Å². The molecule has 0 saturated heterocycles. The number of hydrogen-bond donors (Lipinski definition) is 2. The summed E-state index contributed by atoms with van der Waals surface area (Å²) >= 11 is 1.52. The van der Waals surface area contributed by atoms with E-state index >= 15 is 0 Å². The smallest absolute Gasteiger partial charge is 0.257 e. The number of nitrogens with one attached hydrogen (secondary N) is 1. The van der Waals surface area contributed by atoms with Gasteiger partial charge in [-0.25, -0.2) is 4.98 Å². The fraction of sp³-hybridized carbons (Fsp3) is 0.536. The molecule has 2 N–H and O–H groups in total. The van der Waals surface area contributed by atoms with Gasteiger partial charge in [-0.05, 0) is 60.8 Å². The van der Waals surface area contributed by atoms with E-state index in [4.69, 9.17) is 16.1 Å². The number of fused-ring (bicyclic) bond motifs is 2. The second-order valence-corrected chi connectivity index (χ2v) is 11.6. The molecule has 6 atom stereocenters. The SMILES string of the molecule is C#CCN(C)C(=O)[C@@H](C)C1CC[C@@]2(C)Cc3sc(NC(=O)c4ccc(OC)cc4)nc3[C@@H](C)[C@@H]2[C@H]1O. The van der Waals surface area contributed by atoms with E-state index in [-0.39, 0.29) is 47.4 Å². The van der Waals surface area contributed by atoms with Gasteiger partial charge in [0, 0.05) is 29.3 Å². The van der Waals surface area contributed by atoms with E-state index in [1.807, 2.05) is 6.92 Å². The van der Waals surface area contributed by atoms with Gasteiger partial charge in [-0.2, -0.15) is 0 Å². The average Bonchev–Trinajstić information content (AvgIpc) is 3.25. The summed E-state index contributed by atoms with van der Waals surface area (Å²) < 4.78 is 5.17. The summed E-state index contributed by atoms with van der Waals surface area (Å²) in [5.74, 6) is 2.50. The van der Waals surface area contributed by atoms with Crippen LogP contribution in [0.25, 0.3) is 0 Å². The lowest BCUT2D eigenvalue weighted by molar-refractivity contribution is -0.142. The molecule has 0 spiro atoms. The number of carbonyl (C=O) groups is 2. The van der Waals surface area contributed by atoms with Crippen molar-refractivity contribution in [2.75, 3.05) is 26.0 Å². The summed E-state index contributed by atoms with van der Waals surface area (Å²) in [5.41, 5.74) is 1.37. The molecule has 2 aliphatic carbocycles. The third-order valence-electron chi connectivity index (χ3n) is 8.23. The van der Waals surface area contributed by atoms with Crippen molar-refractivity contribution in [1.82, 2.24) is 9.88 Å². The molecule has 192 valence electrons. The number of benzene rings is 1. The number of methoxy groups -OCH3 is 1. The van der Waals surface area contributed by atoms with Crippen molar-refractivity contribution in [2.24, 2.45) is 23.2 Å². The number of amides is 2. The van der Waals surface area contributed by atoms with Crippen molar-refractivity contribution in [2.45, 2.75) is 52.1 Å². The van der Waals surface area contributed by atoms with Crippen LogP contribution in [-0.4, -0.2) is 53.6 Å². The van der Waals surface area contributed by atoms with Gasteiger partial charge >= 0.3 is 0 Å². The summed E-state index contributed by atoms with van der Waals surface area (Å²) in [5, 5.41) is 15.1. The van der Waals surface area contributed by atoms with Gasteiger partial charge in [0.1, 0.15) is 5.75 Å². The molecule has 4 rings (SSSR count). The minimum absolute atomic E-state index is 0.00479. The van der Waals surface area contributed by atoms with Crippen LogP contribution in [0, 0.1) is 35.5 Å². The zero-order valence-electron chi connectivity index (χ0n) is 21.6. The number of terminal acetylenes is 1. The van der Waals surface area contributed by atoms with Crippen molar-refractivity contribution in [1.29, 1.82) is 0 Å². The third-order valence-corrected chi connectivity index (χ3v) is 9.22. The summed E-state index contributed by atoms with van der Waals surface area (Å²) in [6.07, 6.45) is 7.27. The number of rotatable bonds is 6. The van der Waals surface area contributed by atoms with Crippen molar-refractivity contribution in [3.05, 3.63) is 40.4 Å². The van der Waals surface area contributed by atoms with Crippen molar-refractivity contribution >= 4 is 28.3 Å². The third kappa shape index (κ3) is 4.74. The first kappa shape index (κ1) is 26.2. The van der Waals surface area contributed by atoms with E-state index in [2.05, 4.69) is 25.1 Å². The van der Waals surface area contributed by atoms with Gasteiger partial charge in [0.25, 0.3) is 5.91 Å². The van der Waals surface area contributed by atoms with Crippen LogP contribution in [0.4, 0.5) is 5.13 Å². The van der Waals surface area contributed by atoms with Crippen molar-refractivity contribution in [3.63, 3.8) is 0 Å². The molecular formula is C28H35N3O4S. The number of carbonyl (C=O) groups excluding carboxylic acids is 2. The number of ether oxygens (including phenoxy) is 1. The first-order valence-corrected chi connectivity index (χ1v) is 13.2. The van der Waals surface area contributed by atoms with Gasteiger partial charge in [0.2, 0.25) is 5.91 Å². The average molecular weight is 510 g/mol. The Hall–Kier alpha value is -2.89. The van der Waals surface area contributed by atoms with Gasteiger partial charge in [0.05, 0.1) is 25.5 Å². The molecule has 1 aromatic carbocycles. The fourth-order valence-corrected chi connectivity index (χ4v) is 7.52. The maximum Gasteiger partial charge on any atom is 0.257 e. The minimum atomic E-state index is -0.621. The number of aromatic nitrogens is 1. The van der Waals surface area contributed by atoms with Crippen LogP contribution in [0.2, 0.25) is 0 Å². The Morgan fingerprint density at radius 2 is 2.08 bits per heavy atom. The lowest BCUT2D eigenvalue weighted by atomic mass is 9.53. The Morgan fingerprint density at radius 1 is 1.39 bits per heavy atom. The Balaban J connectivity index is 1.53. The number of anilines is 1. The molecule has 1 saturated carbocycles. The zero-order chi connectivity index (χ0) is 26.2. The summed E-state index contributed by atoms with van der Waals surface area (Å²) in [6.45, 7) is 6.51. The standard InChI is InChI=1S/C28H35N3O4S/c1-7-14-31(5)26(34)16(2)20-12-13-28(4)15-21-23(17(3)22(28)24(20)32)29-27(36-21)30-25(33)18-8-10-19(35-6)11-9-18/h1,8-11,16-17,20,22,24,32H,12-15H2,2-6H3,(H,29,30,33)/t16-,17-,20?,22+,24-,28-/m0/s1. The highest BCUT2D eigenvalue weighted by Crippen LogP contribution is 2.57. The molecule has 7 nitrogen and oxygen atoms in total. The van der Waals surface area contributed by atoms with Gasteiger partial charge in [-0.1, -0.05) is 26.7 Å². The van der Waals surface area contributed by atoms with Crippen molar-refractivity contribution < 1.29 is 19.4 Å². The number of thiazole rings is 1. The summed E-state index contributed by atoms with van der Waals surface area (Å²) in [7, 11) is 3.30. The first-order valence-electron chi connectivity index (χ1n) is 12.4. The fourth-order valence-electron chi connectivity index (χ4n) is 6.26. The topological polar surface area (TPSA) is 91.8 Å². The van der Waals surface area contributed by atoms with Crippen LogP contribution in [0.3, 0.4) is 0 Å². The largest absolute Gasteiger partial charge is 0.497 e. The van der Waals surface area contributed by atoms with Crippen LogP contribution < -0.4 is 10.1 Å². The number of hydrogen-bond acceptors (Lipinski definition) is 6. The quantitative estimate of drug-likeness (QED) is 0.570. The predicted octanol–water partition coefficient (Wildman–Crippen LogP) is 4.18. The predicted molar refractivity (Wildman–Crippen MR) is 141 cm³/mol. The molecule has 1 aromatic heterocycles. The highest BCUT2D eigenvalue weighted by molar-refractivity contribution is 7.15. The maximum atomic E-state index is 12.9. The van der Waals surface area contributed by atoms with E-state index in [0.717, 1.165) is 29.8 Å². The molecular weight excluding hydrogens is 474 g/mol. The molecule has 8 heteroatoms. The Labute approximate surface area is 217 Å². The molecule has 2 amide bonds. The van der Waals surface area contributed by atoms with E-state index in [0.29, 0.717) is 16.4 Å². The second-order valence-electron chi connectivity index (χ2n) is 10.5. The van der Waals surface area contributed by atoms with Crippen LogP contribution >= 0.6 is 11.3 Å². The Kier molecular flexibility index (Phi) is 7.44. The molecule has 36 heavy (non-hydrogen) atoms. The molecule has 1 heterocycles. The highest BCUT2D eigenvalue weighted by atomic mass is 32.1. The normalized spacial score (nSPS) is 27.7. The molecule has 1 unspecified atom stereocenters. The minimum Gasteiger partial charge on any atom is -0.497 e. The Morgan fingerprint density at radius 3 is 2.72 bits per heavy atom. The number of nitrogens with zero attached hydrogens (tertiary/aromatic N) is 2. The summed E-state index contributed by atoms with van der Waals surface area (Å²) in [4.78, 5) is 33.2. The first-order chi connectivity index (χ1) is 17.1. The highest BCUT2D eigenvalue weighted by Gasteiger charge is 2.54. The molecule has 2 aromatic rings. The molecule has 0 aliphatic heterocycles. The Bertz CT molecular complexity index is 1170. The maximum absolute atomic E-state index is 12.9. The van der Waals surface area contributed by atoms with E-state index in [1.54, 1.807) is 43.3 Å². The van der Waals surface area contributed by atoms with Crippen molar-refractivity contribution in [3.8, 4) is 18.1 Å². The zero-order valence-corrected chi connectivity index (χ0v) is 22.4. The van der Waals surface area contributed by atoms with Gasteiger partial charge < -0.3 is 14.7 Å². The number of aliphatic hydroxyl groups excluding tert-OH is 1. The lowest BCUT2D eigenvalue weighted by Gasteiger charge is -2.53. The molecule has 0 bridgehead atoms. The molecule has 2 aliphatic rings. The van der Waals surface area contributed by atoms with E-state index < -0.39 is 6.10 Å². The van der Waals surface area contributed by atoms with Crippen LogP contribution in [0.15, 0.2) is 24.3 Å². The summed E-state index contributed by atoms with van der Waals surface area (Å²) in [6, 6.07) is 6.95. The molecule has 0 radical (unpaired) electrons.